The second kappa shape index (κ2) is 7.03. The van der Waals surface area contributed by atoms with Crippen molar-refractivity contribution in [3.05, 3.63) is 29.6 Å². The molecule has 1 aliphatic carbocycles. The average Bonchev–Trinajstić information content (AvgIpc) is 3.24. The second-order valence-corrected chi connectivity index (χ2v) is 4.80. The van der Waals surface area contributed by atoms with E-state index in [1.807, 2.05) is 0 Å². The number of methoxy groups -OCH3 is 1. The van der Waals surface area contributed by atoms with Gasteiger partial charge in [0.2, 0.25) is 0 Å². The molecule has 2 N–H and O–H groups in total. The molecule has 114 valence electrons. The number of amides is 1. The Balaban J connectivity index is 1.99. The molecule has 1 saturated carbocycles. The van der Waals surface area contributed by atoms with Gasteiger partial charge in [0.25, 0.3) is 5.91 Å². The number of carbonyl (C=O) groups is 2. The van der Waals surface area contributed by atoms with Crippen LogP contribution in [0.4, 0.5) is 0 Å². The van der Waals surface area contributed by atoms with Crippen molar-refractivity contribution in [3.8, 4) is 0 Å². The minimum absolute atomic E-state index is 0.00960. The summed E-state index contributed by atoms with van der Waals surface area (Å²) in [4.78, 5) is 23.0. The Bertz CT molecular complexity index is 546. The molecule has 0 aliphatic heterocycles. The first-order valence-electron chi connectivity index (χ1n) is 6.86. The lowest BCUT2D eigenvalue weighted by Gasteiger charge is -2.07. The topological polar surface area (TPSA) is 93.5 Å². The number of ether oxygens (including phenoxy) is 1. The molecule has 21 heavy (non-hydrogen) atoms. The quantitative estimate of drug-likeness (QED) is 0.554. The number of aliphatic hydroxyl groups excluding tert-OH is 1. The molecular weight excluding hydrogens is 274 g/mol. The highest BCUT2D eigenvalue weighted by Crippen LogP contribution is 2.41. The second-order valence-electron chi connectivity index (χ2n) is 4.80. The number of aromatic nitrogens is 2. The highest BCUT2D eigenvalue weighted by atomic mass is 16.5. The highest BCUT2D eigenvalue weighted by molar-refractivity contribution is 5.95. The van der Waals surface area contributed by atoms with E-state index in [1.165, 1.54) is 25.5 Å². The molecule has 1 fully saturated rings. The number of hydrogen-bond acceptors (Lipinski definition) is 5. The van der Waals surface area contributed by atoms with Crippen LogP contribution in [-0.2, 0) is 16.1 Å². The van der Waals surface area contributed by atoms with E-state index in [4.69, 9.17) is 5.11 Å². The van der Waals surface area contributed by atoms with Gasteiger partial charge in [-0.15, -0.1) is 0 Å². The van der Waals surface area contributed by atoms with Gasteiger partial charge in [-0.2, -0.15) is 5.10 Å². The molecular formula is C14H19N3O4. The number of rotatable bonds is 7. The molecule has 0 saturated heterocycles. The van der Waals surface area contributed by atoms with Crippen molar-refractivity contribution in [2.75, 3.05) is 20.3 Å². The van der Waals surface area contributed by atoms with Crippen LogP contribution in [0.25, 0.3) is 0 Å². The lowest BCUT2D eigenvalue weighted by Crippen LogP contribution is -2.24. The molecule has 2 rings (SSSR count). The summed E-state index contributed by atoms with van der Waals surface area (Å²) in [6.45, 7) is 0.620. The van der Waals surface area contributed by atoms with E-state index < -0.39 is 5.97 Å². The Hall–Kier alpha value is -2.15. The summed E-state index contributed by atoms with van der Waals surface area (Å²) in [6, 6.07) is 0. The predicted molar refractivity (Wildman–Crippen MR) is 74.8 cm³/mol. The van der Waals surface area contributed by atoms with Gasteiger partial charge >= 0.3 is 5.97 Å². The van der Waals surface area contributed by atoms with Crippen LogP contribution >= 0.6 is 0 Å². The fraction of sp³-hybridized carbons (Fsp3) is 0.500. The third-order valence-corrected chi connectivity index (χ3v) is 3.24. The molecule has 1 aliphatic rings. The first-order chi connectivity index (χ1) is 10.2. The van der Waals surface area contributed by atoms with Crippen LogP contribution in [0.2, 0.25) is 0 Å². The molecule has 1 heterocycles. The van der Waals surface area contributed by atoms with Gasteiger partial charge in [0.1, 0.15) is 0 Å². The normalized spacial score (nSPS) is 14.4. The number of carbonyl (C=O) groups excluding carboxylic acids is 2. The summed E-state index contributed by atoms with van der Waals surface area (Å²) >= 11 is 0. The molecule has 7 heteroatoms. The Labute approximate surface area is 122 Å². The van der Waals surface area contributed by atoms with Crippen molar-refractivity contribution >= 4 is 11.9 Å². The maximum absolute atomic E-state index is 12.2. The molecule has 0 aromatic carbocycles. The Morgan fingerprint density at radius 1 is 1.57 bits per heavy atom. The molecule has 0 bridgehead atoms. The van der Waals surface area contributed by atoms with Crippen LogP contribution < -0.4 is 5.32 Å². The molecule has 7 nitrogen and oxygen atoms in total. The van der Waals surface area contributed by atoms with E-state index in [0.717, 1.165) is 18.5 Å². The minimum atomic E-state index is -0.460. The van der Waals surface area contributed by atoms with E-state index in [-0.39, 0.29) is 19.1 Å². The molecule has 1 aromatic heterocycles. The van der Waals surface area contributed by atoms with Crippen molar-refractivity contribution in [2.24, 2.45) is 0 Å². The summed E-state index contributed by atoms with van der Waals surface area (Å²) in [6.07, 6.45) is 6.40. The Morgan fingerprint density at radius 2 is 2.33 bits per heavy atom. The fourth-order valence-electron chi connectivity index (χ4n) is 2.10. The highest BCUT2D eigenvalue weighted by Gasteiger charge is 2.32. The van der Waals surface area contributed by atoms with Crippen LogP contribution in [0.3, 0.4) is 0 Å². The maximum atomic E-state index is 12.2. The van der Waals surface area contributed by atoms with Crippen LogP contribution in [0, 0.1) is 0 Å². The van der Waals surface area contributed by atoms with Gasteiger partial charge in [-0.3, -0.25) is 9.48 Å². The lowest BCUT2D eigenvalue weighted by molar-refractivity contribution is -0.134. The van der Waals surface area contributed by atoms with Gasteiger partial charge in [-0.25, -0.2) is 4.79 Å². The summed E-state index contributed by atoms with van der Waals surface area (Å²) < 4.78 is 6.15. The van der Waals surface area contributed by atoms with Crippen molar-refractivity contribution in [1.82, 2.24) is 15.1 Å². The number of esters is 1. The van der Waals surface area contributed by atoms with Crippen LogP contribution in [0.1, 0.15) is 34.8 Å². The van der Waals surface area contributed by atoms with Crippen LogP contribution in [-0.4, -0.2) is 47.0 Å². The largest absolute Gasteiger partial charge is 0.466 e. The first kappa shape index (κ1) is 15.2. The van der Waals surface area contributed by atoms with Crippen molar-refractivity contribution in [1.29, 1.82) is 0 Å². The number of nitrogens with zero attached hydrogens (tertiary/aromatic N) is 2. The molecule has 0 atom stereocenters. The van der Waals surface area contributed by atoms with Crippen LogP contribution in [0.5, 0.6) is 0 Å². The smallest absolute Gasteiger partial charge is 0.330 e. The molecule has 1 amide bonds. The summed E-state index contributed by atoms with van der Waals surface area (Å²) in [5.74, 6) is -0.334. The van der Waals surface area contributed by atoms with Gasteiger partial charge in [0, 0.05) is 18.5 Å². The van der Waals surface area contributed by atoms with Gasteiger partial charge in [0.05, 0.1) is 37.7 Å². The zero-order valence-electron chi connectivity index (χ0n) is 11.9. The van der Waals surface area contributed by atoms with Gasteiger partial charge < -0.3 is 15.2 Å². The van der Waals surface area contributed by atoms with Crippen LogP contribution in [0.15, 0.2) is 18.3 Å². The van der Waals surface area contributed by atoms with E-state index >= 15 is 0 Å². The maximum Gasteiger partial charge on any atom is 0.330 e. The van der Waals surface area contributed by atoms with E-state index in [9.17, 15) is 9.59 Å². The fourth-order valence-corrected chi connectivity index (χ4v) is 2.10. The zero-order valence-corrected chi connectivity index (χ0v) is 11.9. The lowest BCUT2D eigenvalue weighted by atomic mass is 10.1. The number of hydrogen-bond donors (Lipinski definition) is 2. The predicted octanol–water partition coefficient (Wildman–Crippen LogP) is 0.212. The van der Waals surface area contributed by atoms with Gasteiger partial charge in [-0.1, -0.05) is 6.08 Å². The van der Waals surface area contributed by atoms with Crippen molar-refractivity contribution in [3.63, 3.8) is 0 Å². The van der Waals surface area contributed by atoms with E-state index in [2.05, 4.69) is 15.2 Å². The summed E-state index contributed by atoms with van der Waals surface area (Å²) in [5.41, 5.74) is 1.43. The third-order valence-electron chi connectivity index (χ3n) is 3.24. The standard InChI is InChI=1S/C14H19N3O4/c1-21-12(19)3-2-6-15-14(20)11-9-16-17(7-8-18)13(11)10-4-5-10/h2-3,9-10,18H,4-8H2,1H3,(H,15,20)/b3-2+. The van der Waals surface area contributed by atoms with Gasteiger partial charge in [0.15, 0.2) is 0 Å². The minimum Gasteiger partial charge on any atom is -0.466 e. The number of aliphatic hydroxyl groups is 1. The van der Waals surface area contributed by atoms with E-state index in [0.29, 0.717) is 18.0 Å². The number of nitrogens with one attached hydrogen (secondary N) is 1. The molecule has 1 aromatic rings. The summed E-state index contributed by atoms with van der Waals surface area (Å²) in [7, 11) is 1.29. The average molecular weight is 293 g/mol. The Morgan fingerprint density at radius 3 is 2.95 bits per heavy atom. The Kier molecular flexibility index (Phi) is 5.10. The first-order valence-corrected chi connectivity index (χ1v) is 6.86. The SMILES string of the molecule is COC(=O)/C=C/CNC(=O)c1cnn(CCO)c1C1CC1. The van der Waals surface area contributed by atoms with Crippen molar-refractivity contribution < 1.29 is 19.4 Å². The molecule has 0 unspecified atom stereocenters. The molecule has 0 radical (unpaired) electrons. The van der Waals surface area contributed by atoms with E-state index in [1.54, 1.807) is 4.68 Å². The zero-order chi connectivity index (χ0) is 15.2. The monoisotopic (exact) mass is 293 g/mol. The summed E-state index contributed by atoms with van der Waals surface area (Å²) in [5, 5.41) is 15.9. The third kappa shape index (κ3) is 3.91. The molecule has 0 spiro atoms. The van der Waals surface area contributed by atoms with Gasteiger partial charge in [-0.05, 0) is 12.8 Å². The van der Waals surface area contributed by atoms with Crippen molar-refractivity contribution in [2.45, 2.75) is 25.3 Å².